The molecule has 5 nitrogen and oxygen atoms in total. The van der Waals surface area contributed by atoms with Crippen molar-refractivity contribution in [2.75, 3.05) is 13.2 Å². The molecule has 2 aromatic carbocycles. The summed E-state index contributed by atoms with van der Waals surface area (Å²) in [7, 11) is 0. The Balaban J connectivity index is 1.96. The largest absolute Gasteiger partial charge is 0.380 e. The van der Waals surface area contributed by atoms with E-state index < -0.39 is 6.04 Å². The lowest BCUT2D eigenvalue weighted by atomic mass is 9.88. The van der Waals surface area contributed by atoms with Crippen molar-refractivity contribution in [3.63, 3.8) is 0 Å². The molecule has 7 heteroatoms. The molecular weight excluding hydrogens is 399 g/mol. The van der Waals surface area contributed by atoms with Crippen LogP contribution in [0.4, 0.5) is 0 Å². The van der Waals surface area contributed by atoms with E-state index in [9.17, 15) is 9.59 Å². The predicted octanol–water partition coefficient (Wildman–Crippen LogP) is 4.12. The number of halogens is 2. The summed E-state index contributed by atoms with van der Waals surface area (Å²) < 4.78 is 8.30. The molecule has 1 aliphatic rings. The van der Waals surface area contributed by atoms with E-state index in [-0.39, 0.29) is 16.7 Å². The predicted molar refractivity (Wildman–Crippen MR) is 112 cm³/mol. The minimum atomic E-state index is -0.436. The van der Waals surface area contributed by atoms with Crippen LogP contribution >= 0.6 is 23.2 Å². The average molecular weight is 419 g/mol. The Bertz CT molecular complexity index is 1160. The van der Waals surface area contributed by atoms with Gasteiger partial charge in [0.15, 0.2) is 0 Å². The summed E-state index contributed by atoms with van der Waals surface area (Å²) in [4.78, 5) is 26.6. The van der Waals surface area contributed by atoms with E-state index in [0.717, 1.165) is 5.56 Å². The van der Waals surface area contributed by atoms with Crippen molar-refractivity contribution in [3.05, 3.63) is 78.9 Å². The molecule has 3 aromatic rings. The second-order valence-electron chi connectivity index (χ2n) is 7.74. The maximum Gasteiger partial charge on any atom is 0.332 e. The Morgan fingerprint density at radius 1 is 1.07 bits per heavy atom. The molecule has 0 saturated carbocycles. The molecule has 1 aliphatic heterocycles. The summed E-state index contributed by atoms with van der Waals surface area (Å²) in [5, 5.41) is 1.55. The number of hydrogen-bond acceptors (Lipinski definition) is 3. The highest BCUT2D eigenvalue weighted by molar-refractivity contribution is 6.31. The third-order valence-corrected chi connectivity index (χ3v) is 5.80. The lowest BCUT2D eigenvalue weighted by Gasteiger charge is -2.38. The fourth-order valence-electron chi connectivity index (χ4n) is 3.67. The third kappa shape index (κ3) is 3.28. The first-order valence-corrected chi connectivity index (χ1v) is 9.82. The van der Waals surface area contributed by atoms with Crippen molar-refractivity contribution in [2.45, 2.75) is 26.4 Å². The standard InChI is InChI=1S/C21H20Cl2N2O3/c1-13(14-3-5-15(22)6-4-14)25-19(26)17-8-7-16(23)9-18(17)24(20(25)27)10-21(2)11-28-12-21/h3-9,13H,10-12H2,1-2H3/t13-/m1/s1. The molecule has 1 aromatic heterocycles. The fourth-order valence-corrected chi connectivity index (χ4v) is 3.96. The van der Waals surface area contributed by atoms with Crippen LogP contribution in [0.25, 0.3) is 10.9 Å². The number of fused-ring (bicyclic) bond motifs is 1. The molecule has 146 valence electrons. The van der Waals surface area contributed by atoms with Crippen molar-refractivity contribution in [1.29, 1.82) is 0 Å². The molecule has 0 aliphatic carbocycles. The minimum Gasteiger partial charge on any atom is -0.380 e. The number of hydrogen-bond donors (Lipinski definition) is 0. The van der Waals surface area contributed by atoms with Gasteiger partial charge in [0.1, 0.15) is 0 Å². The molecule has 0 N–H and O–H groups in total. The molecule has 1 atom stereocenters. The van der Waals surface area contributed by atoms with E-state index >= 15 is 0 Å². The molecule has 1 fully saturated rings. The van der Waals surface area contributed by atoms with E-state index in [1.807, 2.05) is 19.1 Å². The van der Waals surface area contributed by atoms with Gasteiger partial charge in [0, 0.05) is 22.0 Å². The first kappa shape index (κ1) is 19.2. The highest BCUT2D eigenvalue weighted by Crippen LogP contribution is 2.29. The topological polar surface area (TPSA) is 53.2 Å². The van der Waals surface area contributed by atoms with Gasteiger partial charge >= 0.3 is 5.69 Å². The summed E-state index contributed by atoms with van der Waals surface area (Å²) in [5.41, 5.74) is 0.558. The highest BCUT2D eigenvalue weighted by Gasteiger charge is 2.35. The zero-order chi connectivity index (χ0) is 20.1. The van der Waals surface area contributed by atoms with Crippen LogP contribution in [0.2, 0.25) is 10.0 Å². The van der Waals surface area contributed by atoms with E-state index in [4.69, 9.17) is 27.9 Å². The van der Waals surface area contributed by atoms with Crippen LogP contribution in [0.3, 0.4) is 0 Å². The maximum atomic E-state index is 13.4. The molecule has 0 spiro atoms. The van der Waals surface area contributed by atoms with Gasteiger partial charge in [0.25, 0.3) is 5.56 Å². The molecule has 0 bridgehead atoms. The number of rotatable bonds is 4. The van der Waals surface area contributed by atoms with Crippen LogP contribution in [0.5, 0.6) is 0 Å². The second-order valence-corrected chi connectivity index (χ2v) is 8.61. The molecule has 2 heterocycles. The Morgan fingerprint density at radius 2 is 1.71 bits per heavy atom. The zero-order valence-electron chi connectivity index (χ0n) is 15.6. The Kier molecular flexibility index (Phi) is 4.86. The lowest BCUT2D eigenvalue weighted by molar-refractivity contribution is -0.110. The monoisotopic (exact) mass is 418 g/mol. The van der Waals surface area contributed by atoms with Gasteiger partial charge in [-0.25, -0.2) is 4.79 Å². The van der Waals surface area contributed by atoms with Crippen LogP contribution < -0.4 is 11.2 Å². The second kappa shape index (κ2) is 7.07. The summed E-state index contributed by atoms with van der Waals surface area (Å²) >= 11 is 12.1. The van der Waals surface area contributed by atoms with Crippen molar-refractivity contribution >= 4 is 34.1 Å². The van der Waals surface area contributed by atoms with Gasteiger partial charge < -0.3 is 4.74 Å². The van der Waals surface area contributed by atoms with Crippen molar-refractivity contribution in [3.8, 4) is 0 Å². The maximum absolute atomic E-state index is 13.4. The van der Waals surface area contributed by atoms with Gasteiger partial charge in [-0.15, -0.1) is 0 Å². The average Bonchev–Trinajstić information content (AvgIpc) is 2.64. The summed E-state index contributed by atoms with van der Waals surface area (Å²) in [6.07, 6.45) is 0. The number of benzene rings is 2. The molecule has 1 saturated heterocycles. The first-order valence-electron chi connectivity index (χ1n) is 9.07. The number of nitrogens with zero attached hydrogens (tertiary/aromatic N) is 2. The van der Waals surface area contributed by atoms with Crippen molar-refractivity contribution in [1.82, 2.24) is 9.13 Å². The van der Waals surface area contributed by atoms with Crippen LogP contribution in [0, 0.1) is 5.41 Å². The van der Waals surface area contributed by atoms with Gasteiger partial charge in [-0.1, -0.05) is 42.3 Å². The Labute approximate surface area is 172 Å². The number of ether oxygens (including phenoxy) is 1. The highest BCUT2D eigenvalue weighted by atomic mass is 35.5. The lowest BCUT2D eigenvalue weighted by Crippen LogP contribution is -2.49. The quantitative estimate of drug-likeness (QED) is 0.640. The molecule has 0 amide bonds. The summed E-state index contributed by atoms with van der Waals surface area (Å²) in [6, 6.07) is 11.8. The van der Waals surface area contributed by atoms with Gasteiger partial charge in [0.05, 0.1) is 30.2 Å². The normalized spacial score (nSPS) is 16.7. The van der Waals surface area contributed by atoms with E-state index in [0.29, 0.717) is 40.7 Å². The molecular formula is C21H20Cl2N2O3. The summed E-state index contributed by atoms with van der Waals surface area (Å²) in [6.45, 7) is 5.51. The Morgan fingerprint density at radius 3 is 2.32 bits per heavy atom. The first-order chi connectivity index (χ1) is 13.3. The van der Waals surface area contributed by atoms with Crippen LogP contribution in [-0.4, -0.2) is 22.3 Å². The van der Waals surface area contributed by atoms with E-state index in [2.05, 4.69) is 6.92 Å². The van der Waals surface area contributed by atoms with Crippen molar-refractivity contribution in [2.24, 2.45) is 5.41 Å². The van der Waals surface area contributed by atoms with Gasteiger partial charge in [0.2, 0.25) is 0 Å². The van der Waals surface area contributed by atoms with Crippen molar-refractivity contribution < 1.29 is 4.74 Å². The summed E-state index contributed by atoms with van der Waals surface area (Å²) in [5.74, 6) is 0. The third-order valence-electron chi connectivity index (χ3n) is 5.32. The van der Waals surface area contributed by atoms with Crippen LogP contribution in [-0.2, 0) is 11.3 Å². The molecule has 28 heavy (non-hydrogen) atoms. The van der Waals surface area contributed by atoms with Crippen LogP contribution in [0.1, 0.15) is 25.5 Å². The van der Waals surface area contributed by atoms with Gasteiger partial charge in [-0.2, -0.15) is 0 Å². The SMILES string of the molecule is C[C@H](c1ccc(Cl)cc1)n1c(=O)c2ccc(Cl)cc2n(CC2(C)COC2)c1=O. The zero-order valence-corrected chi connectivity index (χ0v) is 17.1. The fraction of sp³-hybridized carbons (Fsp3) is 0.333. The van der Waals surface area contributed by atoms with Crippen LogP contribution in [0.15, 0.2) is 52.1 Å². The minimum absolute atomic E-state index is 0.148. The number of aromatic nitrogens is 2. The van der Waals surface area contributed by atoms with E-state index in [1.54, 1.807) is 34.9 Å². The smallest absolute Gasteiger partial charge is 0.332 e. The van der Waals surface area contributed by atoms with E-state index in [1.165, 1.54) is 4.57 Å². The van der Waals surface area contributed by atoms with Gasteiger partial charge in [-0.3, -0.25) is 13.9 Å². The Hall–Kier alpha value is -2.08. The molecule has 0 radical (unpaired) electrons. The molecule has 4 rings (SSSR count). The molecule has 0 unspecified atom stereocenters. The van der Waals surface area contributed by atoms with Gasteiger partial charge in [-0.05, 0) is 42.8 Å².